The first-order valence-corrected chi connectivity index (χ1v) is 10.2. The average Bonchev–Trinajstić information content (AvgIpc) is 3.21. The number of alkyl halides is 4. The number of hydrogen-bond acceptors (Lipinski definition) is 4. The lowest BCUT2D eigenvalue weighted by Gasteiger charge is -2.47. The van der Waals surface area contributed by atoms with Crippen LogP contribution in [0.1, 0.15) is 30.5 Å². The van der Waals surface area contributed by atoms with Crippen LogP contribution in [-0.2, 0) is 18.1 Å². The number of nitrogen functional groups attached to an aromatic ring is 1. The fourth-order valence-electron chi connectivity index (χ4n) is 4.50. The molecule has 1 saturated carbocycles. The summed E-state index contributed by atoms with van der Waals surface area (Å²) in [5.74, 6) is -0.569. The van der Waals surface area contributed by atoms with Crippen LogP contribution < -0.4 is 11.1 Å². The predicted molar refractivity (Wildman–Crippen MR) is 104 cm³/mol. The number of hydrogen-bond donors (Lipinski definition) is 2. The maximum Gasteiger partial charge on any atom is 0.419 e. The smallest absolute Gasteiger partial charge is 0.383 e. The largest absolute Gasteiger partial charge is 0.419 e. The molecule has 3 N–H and O–H groups in total. The Morgan fingerprint density at radius 2 is 1.97 bits per heavy atom. The van der Waals surface area contributed by atoms with Crippen molar-refractivity contribution < 1.29 is 22.4 Å². The van der Waals surface area contributed by atoms with Gasteiger partial charge < -0.3 is 16.0 Å². The highest BCUT2D eigenvalue weighted by Gasteiger charge is 2.52. The van der Waals surface area contributed by atoms with Crippen LogP contribution in [0.25, 0.3) is 11.3 Å². The molecule has 5 rings (SSSR count). The van der Waals surface area contributed by atoms with Gasteiger partial charge in [0.2, 0.25) is 0 Å². The highest BCUT2D eigenvalue weighted by atomic mass is 19.4. The normalized spacial score (nSPS) is 20.5. The number of urea groups is 1. The molecule has 0 aromatic carbocycles. The van der Waals surface area contributed by atoms with Crippen LogP contribution in [0.15, 0.2) is 18.3 Å². The summed E-state index contributed by atoms with van der Waals surface area (Å²) in [7, 11) is 0. The van der Waals surface area contributed by atoms with E-state index in [-0.39, 0.29) is 22.4 Å². The van der Waals surface area contributed by atoms with Gasteiger partial charge in [0, 0.05) is 54.5 Å². The number of aromatic nitrogens is 3. The maximum absolute atomic E-state index is 13.2. The van der Waals surface area contributed by atoms with Gasteiger partial charge in [0.15, 0.2) is 0 Å². The van der Waals surface area contributed by atoms with E-state index in [1.165, 1.54) is 6.20 Å². The van der Waals surface area contributed by atoms with Gasteiger partial charge in [-0.1, -0.05) is 0 Å². The lowest BCUT2D eigenvalue weighted by atomic mass is 9.76. The molecule has 1 saturated heterocycles. The zero-order chi connectivity index (χ0) is 22.0. The Morgan fingerprint density at radius 1 is 1.23 bits per heavy atom. The Hall–Kier alpha value is -2.85. The van der Waals surface area contributed by atoms with Crippen LogP contribution in [0.5, 0.6) is 0 Å². The van der Waals surface area contributed by atoms with Crippen molar-refractivity contribution >= 4 is 11.8 Å². The van der Waals surface area contributed by atoms with Crippen LogP contribution >= 0.6 is 0 Å². The molecule has 0 bridgehead atoms. The molecular formula is C20H22F4N6O. The Morgan fingerprint density at radius 3 is 2.61 bits per heavy atom. The fourth-order valence-corrected chi connectivity index (χ4v) is 4.50. The number of amides is 2. The van der Waals surface area contributed by atoms with E-state index in [1.807, 2.05) is 0 Å². The molecule has 1 spiro atoms. The number of likely N-dealkylation sites (tertiary alicyclic amines) is 1. The van der Waals surface area contributed by atoms with E-state index in [9.17, 15) is 22.4 Å². The van der Waals surface area contributed by atoms with E-state index in [2.05, 4.69) is 15.4 Å². The quantitative estimate of drug-likeness (QED) is 0.719. The topological polar surface area (TPSA) is 89.1 Å². The summed E-state index contributed by atoms with van der Waals surface area (Å²) < 4.78 is 54.3. The van der Waals surface area contributed by atoms with Crippen LogP contribution in [0.3, 0.4) is 0 Å². The molecule has 1 aliphatic carbocycles. The molecule has 3 aliphatic rings. The number of carbonyl (C=O) groups excluding carboxylic acids is 1. The number of carbonyl (C=O) groups is 1. The molecule has 0 unspecified atom stereocenters. The molecule has 0 atom stereocenters. The molecule has 4 heterocycles. The van der Waals surface area contributed by atoms with Crippen LogP contribution in [-0.4, -0.2) is 52.0 Å². The minimum absolute atomic E-state index is 0.207. The summed E-state index contributed by atoms with van der Waals surface area (Å²) in [4.78, 5) is 17.8. The van der Waals surface area contributed by atoms with Gasteiger partial charge in [-0.05, 0) is 31.4 Å². The highest BCUT2D eigenvalue weighted by Crippen LogP contribution is 2.46. The lowest BCUT2D eigenvalue weighted by Crippen LogP contribution is -2.62. The molecule has 7 nitrogen and oxygen atoms in total. The number of nitrogens with one attached hydrogen (secondary N) is 1. The molecule has 2 aromatic heterocycles. The minimum Gasteiger partial charge on any atom is -0.383 e. The van der Waals surface area contributed by atoms with Crippen LogP contribution in [0.4, 0.5) is 28.2 Å². The van der Waals surface area contributed by atoms with Gasteiger partial charge >= 0.3 is 12.2 Å². The number of halogens is 4. The fraction of sp³-hybridized carbons (Fsp3) is 0.550. The summed E-state index contributed by atoms with van der Waals surface area (Å²) in [6, 6.07) is 2.53. The predicted octanol–water partition coefficient (Wildman–Crippen LogP) is 2.96. The molecule has 31 heavy (non-hydrogen) atoms. The monoisotopic (exact) mass is 438 g/mol. The number of rotatable bonds is 4. The van der Waals surface area contributed by atoms with Crippen molar-refractivity contribution in [2.45, 2.75) is 37.4 Å². The Bertz CT molecular complexity index is 1040. The van der Waals surface area contributed by atoms with E-state index in [0.29, 0.717) is 31.9 Å². The lowest BCUT2D eigenvalue weighted by molar-refractivity contribution is -0.137. The maximum atomic E-state index is 13.2. The molecule has 2 aromatic rings. The van der Waals surface area contributed by atoms with E-state index < -0.39 is 24.2 Å². The minimum atomic E-state index is -4.60. The first kappa shape index (κ1) is 20.1. The Kier molecular flexibility index (Phi) is 4.26. The number of nitrogens with two attached hydrogens (primary N) is 1. The standard InChI is InChI=1S/C20H22F4N6O/c21-8-18(1-2-18)9-27-17(31)29-10-19(11-29)3-4-30-15(19)6-14(28-30)12-5-13(20(22,23)24)16(25)26-7-12/h5-7H,1-4,8-11H2,(H2,25,26)(H,27,31). The van der Waals surface area contributed by atoms with E-state index in [4.69, 9.17) is 5.73 Å². The summed E-state index contributed by atoms with van der Waals surface area (Å²) in [5.41, 5.74) is 5.32. The van der Waals surface area contributed by atoms with E-state index in [0.717, 1.165) is 31.0 Å². The SMILES string of the molecule is Nc1ncc(-c2cc3n(n2)CCC32CN(C(=O)NCC3(CF)CC3)C2)cc1C(F)(F)F. The molecule has 2 amide bonds. The number of pyridine rings is 1. The number of fused-ring (bicyclic) bond motifs is 2. The zero-order valence-corrected chi connectivity index (χ0v) is 16.7. The molecule has 2 aliphatic heterocycles. The van der Waals surface area contributed by atoms with Crippen molar-refractivity contribution in [3.63, 3.8) is 0 Å². The third-order valence-corrected chi connectivity index (χ3v) is 6.77. The van der Waals surface area contributed by atoms with Gasteiger partial charge in [0.25, 0.3) is 0 Å². The molecular weight excluding hydrogens is 416 g/mol. The van der Waals surface area contributed by atoms with Crippen molar-refractivity contribution in [2.24, 2.45) is 5.41 Å². The molecule has 166 valence electrons. The van der Waals surface area contributed by atoms with Crippen molar-refractivity contribution in [3.8, 4) is 11.3 Å². The summed E-state index contributed by atoms with van der Waals surface area (Å²) >= 11 is 0. The Balaban J connectivity index is 1.30. The summed E-state index contributed by atoms with van der Waals surface area (Å²) in [6.07, 6.45) is -0.909. The second kappa shape index (κ2) is 6.57. The van der Waals surface area contributed by atoms with E-state index in [1.54, 1.807) is 15.6 Å². The van der Waals surface area contributed by atoms with E-state index >= 15 is 0 Å². The van der Waals surface area contributed by atoms with Crippen LogP contribution in [0.2, 0.25) is 0 Å². The first-order valence-electron chi connectivity index (χ1n) is 10.2. The van der Waals surface area contributed by atoms with Gasteiger partial charge in [-0.2, -0.15) is 18.3 Å². The van der Waals surface area contributed by atoms with Crippen molar-refractivity contribution in [1.82, 2.24) is 25.0 Å². The van der Waals surface area contributed by atoms with Gasteiger partial charge in [0.05, 0.1) is 17.9 Å². The third-order valence-electron chi connectivity index (χ3n) is 6.77. The second-order valence-corrected chi connectivity index (χ2v) is 8.97. The Labute approximate surface area is 175 Å². The van der Waals surface area contributed by atoms with Crippen molar-refractivity contribution in [1.29, 1.82) is 0 Å². The number of nitrogens with zero attached hydrogens (tertiary/aromatic N) is 4. The molecule has 11 heteroatoms. The van der Waals surface area contributed by atoms with Gasteiger partial charge in [-0.25, -0.2) is 9.78 Å². The zero-order valence-electron chi connectivity index (χ0n) is 16.7. The second-order valence-electron chi connectivity index (χ2n) is 8.97. The van der Waals surface area contributed by atoms with Crippen molar-refractivity contribution in [2.75, 3.05) is 32.0 Å². The number of aryl methyl sites for hydroxylation is 1. The highest BCUT2D eigenvalue weighted by molar-refractivity contribution is 5.76. The van der Waals surface area contributed by atoms with Gasteiger partial charge in [0.1, 0.15) is 5.82 Å². The molecule has 2 fully saturated rings. The average molecular weight is 438 g/mol. The summed E-state index contributed by atoms with van der Waals surface area (Å²) in [6.45, 7) is 1.56. The first-order chi connectivity index (χ1) is 14.6. The van der Waals surface area contributed by atoms with Gasteiger partial charge in [-0.15, -0.1) is 0 Å². The van der Waals surface area contributed by atoms with Crippen molar-refractivity contribution in [3.05, 3.63) is 29.6 Å². The molecule has 0 radical (unpaired) electrons. The third kappa shape index (κ3) is 3.30. The number of anilines is 1. The summed E-state index contributed by atoms with van der Waals surface area (Å²) in [5, 5.41) is 7.28. The van der Waals surface area contributed by atoms with Crippen LogP contribution in [0, 0.1) is 5.41 Å². The van der Waals surface area contributed by atoms with Gasteiger partial charge in [-0.3, -0.25) is 9.07 Å².